The normalized spacial score (nSPS) is 11.7. The number of methoxy groups -OCH3 is 1. The van der Waals surface area contributed by atoms with Crippen molar-refractivity contribution in [1.29, 1.82) is 0 Å². The van der Waals surface area contributed by atoms with Crippen LogP contribution in [0.15, 0.2) is 29.4 Å². The van der Waals surface area contributed by atoms with Crippen molar-refractivity contribution < 1.29 is 13.2 Å². The highest BCUT2D eigenvalue weighted by Crippen LogP contribution is 2.22. The zero-order valence-electron chi connectivity index (χ0n) is 10.8. The van der Waals surface area contributed by atoms with Gasteiger partial charge < -0.3 is 10.1 Å². The quantitative estimate of drug-likeness (QED) is 0.826. The Kier molecular flexibility index (Phi) is 3.96. The van der Waals surface area contributed by atoms with E-state index >= 15 is 0 Å². The molecule has 0 amide bonds. The second kappa shape index (κ2) is 5.50. The van der Waals surface area contributed by atoms with E-state index in [1.54, 1.807) is 25.3 Å². The molecule has 0 aliphatic carbocycles. The van der Waals surface area contributed by atoms with Crippen LogP contribution >= 0.6 is 0 Å². The Morgan fingerprint density at radius 2 is 2.11 bits per heavy atom. The molecule has 1 heterocycles. The van der Waals surface area contributed by atoms with Gasteiger partial charge in [0.2, 0.25) is 0 Å². The lowest BCUT2D eigenvalue weighted by Crippen LogP contribution is -2.09. The van der Waals surface area contributed by atoms with E-state index in [1.807, 2.05) is 0 Å². The van der Waals surface area contributed by atoms with Crippen LogP contribution in [0.4, 0.5) is 5.82 Å². The van der Waals surface area contributed by atoms with Crippen molar-refractivity contribution in [3.63, 3.8) is 0 Å². The topological polar surface area (TPSA) is 81.2 Å². The number of rotatable bonds is 5. The summed E-state index contributed by atoms with van der Waals surface area (Å²) in [5, 5.41) is 3.78. The fraction of sp³-hybridized carbons (Fsp3) is 0.333. The molecule has 1 N–H and O–H groups in total. The maximum Gasteiger partial charge on any atom is 0.175 e. The average Bonchev–Trinajstić information content (AvgIpc) is 2.37. The Hall–Kier alpha value is -1.73. The maximum atomic E-state index is 11.6. The van der Waals surface area contributed by atoms with Gasteiger partial charge in [-0.15, -0.1) is 0 Å². The number of nitrogens with zero attached hydrogens (tertiary/aromatic N) is 2. The lowest BCUT2D eigenvalue weighted by molar-refractivity contribution is 0.210. The molecule has 1 aromatic heterocycles. The summed E-state index contributed by atoms with van der Waals surface area (Å²) in [6.45, 7) is 1.13. The van der Waals surface area contributed by atoms with Gasteiger partial charge in [-0.05, 0) is 18.2 Å². The van der Waals surface area contributed by atoms with Gasteiger partial charge in [0.1, 0.15) is 12.1 Å². The third-order valence-corrected chi connectivity index (χ3v) is 3.74. The van der Waals surface area contributed by atoms with Crippen molar-refractivity contribution in [2.45, 2.75) is 4.90 Å². The Labute approximate surface area is 111 Å². The minimum Gasteiger partial charge on any atom is -0.383 e. The first-order valence-corrected chi connectivity index (χ1v) is 7.59. The zero-order chi connectivity index (χ0) is 13.9. The molecule has 1 aromatic carbocycles. The second-order valence-corrected chi connectivity index (χ2v) is 6.11. The smallest absolute Gasteiger partial charge is 0.175 e. The number of aromatic nitrogens is 2. The molecule has 19 heavy (non-hydrogen) atoms. The van der Waals surface area contributed by atoms with Crippen LogP contribution in [-0.4, -0.2) is 44.9 Å². The summed E-state index contributed by atoms with van der Waals surface area (Å²) in [7, 11) is -1.63. The van der Waals surface area contributed by atoms with Crippen LogP contribution in [0.5, 0.6) is 0 Å². The lowest BCUT2D eigenvalue weighted by Gasteiger charge is -2.08. The van der Waals surface area contributed by atoms with E-state index in [1.165, 1.54) is 12.6 Å². The molecule has 102 valence electrons. The van der Waals surface area contributed by atoms with Crippen LogP contribution in [0.2, 0.25) is 0 Å². The molecule has 0 aliphatic rings. The van der Waals surface area contributed by atoms with Gasteiger partial charge in [-0.1, -0.05) is 0 Å². The highest BCUT2D eigenvalue weighted by Gasteiger charge is 2.10. The SMILES string of the molecule is COCCNc1ncnc2ccc(S(C)(=O)=O)cc12. The van der Waals surface area contributed by atoms with Crippen LogP contribution in [-0.2, 0) is 14.6 Å². The summed E-state index contributed by atoms with van der Waals surface area (Å²) in [6, 6.07) is 4.80. The van der Waals surface area contributed by atoms with Crippen LogP contribution in [0.3, 0.4) is 0 Å². The monoisotopic (exact) mass is 281 g/mol. The highest BCUT2D eigenvalue weighted by molar-refractivity contribution is 7.90. The van der Waals surface area contributed by atoms with E-state index < -0.39 is 9.84 Å². The van der Waals surface area contributed by atoms with Gasteiger partial charge in [0, 0.05) is 25.3 Å². The van der Waals surface area contributed by atoms with Crippen LogP contribution < -0.4 is 5.32 Å². The number of nitrogens with one attached hydrogen (secondary N) is 1. The molecule has 0 spiro atoms. The van der Waals surface area contributed by atoms with Crippen molar-refractivity contribution in [2.24, 2.45) is 0 Å². The van der Waals surface area contributed by atoms with Crippen LogP contribution in [0.25, 0.3) is 10.9 Å². The first-order valence-electron chi connectivity index (χ1n) is 5.70. The zero-order valence-corrected chi connectivity index (χ0v) is 11.6. The van der Waals surface area contributed by atoms with Gasteiger partial charge in [-0.2, -0.15) is 0 Å². The standard InChI is InChI=1S/C12H15N3O3S/c1-18-6-5-13-12-10-7-9(19(2,16)17)3-4-11(10)14-8-15-12/h3-4,7-8H,5-6H2,1-2H3,(H,13,14,15). The highest BCUT2D eigenvalue weighted by atomic mass is 32.2. The molecule has 0 bridgehead atoms. The Morgan fingerprint density at radius 3 is 2.79 bits per heavy atom. The van der Waals surface area contributed by atoms with E-state index in [0.717, 1.165) is 0 Å². The van der Waals surface area contributed by atoms with Gasteiger partial charge in [0.05, 0.1) is 17.0 Å². The summed E-state index contributed by atoms with van der Waals surface area (Å²) < 4.78 is 28.1. The van der Waals surface area contributed by atoms with Crippen LogP contribution in [0.1, 0.15) is 0 Å². The second-order valence-electron chi connectivity index (χ2n) is 4.09. The third kappa shape index (κ3) is 3.18. The summed E-state index contributed by atoms with van der Waals surface area (Å²) in [5.74, 6) is 0.604. The molecule has 0 radical (unpaired) electrons. The largest absolute Gasteiger partial charge is 0.383 e. The van der Waals surface area contributed by atoms with E-state index in [-0.39, 0.29) is 4.90 Å². The van der Waals surface area contributed by atoms with Gasteiger partial charge in [-0.3, -0.25) is 0 Å². The predicted octanol–water partition coefficient (Wildman–Crippen LogP) is 1.09. The van der Waals surface area contributed by atoms with E-state index in [0.29, 0.717) is 29.9 Å². The number of anilines is 1. The van der Waals surface area contributed by atoms with Gasteiger partial charge in [0.25, 0.3) is 0 Å². The molecule has 7 heteroatoms. The first kappa shape index (κ1) is 13.7. The summed E-state index contributed by atoms with van der Waals surface area (Å²) in [4.78, 5) is 8.50. The van der Waals surface area contributed by atoms with Gasteiger partial charge >= 0.3 is 0 Å². The van der Waals surface area contributed by atoms with Crippen molar-refractivity contribution in [2.75, 3.05) is 31.8 Å². The van der Waals surface area contributed by atoms with Crippen molar-refractivity contribution in [1.82, 2.24) is 9.97 Å². The number of hydrogen-bond donors (Lipinski definition) is 1. The Bertz CT molecular complexity index is 686. The molecule has 2 rings (SSSR count). The van der Waals surface area contributed by atoms with Crippen molar-refractivity contribution in [3.05, 3.63) is 24.5 Å². The molecule has 0 saturated carbocycles. The number of sulfone groups is 1. The van der Waals surface area contributed by atoms with Gasteiger partial charge in [0.15, 0.2) is 9.84 Å². The minimum absolute atomic E-state index is 0.254. The van der Waals surface area contributed by atoms with Crippen molar-refractivity contribution in [3.8, 4) is 0 Å². The lowest BCUT2D eigenvalue weighted by atomic mass is 10.2. The van der Waals surface area contributed by atoms with E-state index in [4.69, 9.17) is 4.74 Å². The molecular formula is C12H15N3O3S. The first-order chi connectivity index (χ1) is 9.02. The summed E-state index contributed by atoms with van der Waals surface area (Å²) >= 11 is 0. The third-order valence-electron chi connectivity index (χ3n) is 2.63. The van der Waals surface area contributed by atoms with Crippen molar-refractivity contribution >= 4 is 26.6 Å². The fourth-order valence-electron chi connectivity index (χ4n) is 1.68. The van der Waals surface area contributed by atoms with Gasteiger partial charge in [-0.25, -0.2) is 18.4 Å². The number of hydrogen-bond acceptors (Lipinski definition) is 6. The predicted molar refractivity (Wildman–Crippen MR) is 73.0 cm³/mol. The molecule has 0 unspecified atom stereocenters. The Morgan fingerprint density at radius 1 is 1.32 bits per heavy atom. The molecule has 0 atom stereocenters. The number of ether oxygens (including phenoxy) is 1. The molecule has 0 fully saturated rings. The fourth-order valence-corrected chi connectivity index (χ4v) is 2.33. The summed E-state index contributed by atoms with van der Waals surface area (Å²) in [5.41, 5.74) is 0.697. The molecule has 6 nitrogen and oxygen atoms in total. The van der Waals surface area contributed by atoms with E-state index in [9.17, 15) is 8.42 Å². The van der Waals surface area contributed by atoms with E-state index in [2.05, 4.69) is 15.3 Å². The summed E-state index contributed by atoms with van der Waals surface area (Å²) in [6.07, 6.45) is 2.62. The number of benzene rings is 1. The molecule has 2 aromatic rings. The number of fused-ring (bicyclic) bond motifs is 1. The molecule has 0 saturated heterocycles. The molecular weight excluding hydrogens is 266 g/mol. The van der Waals surface area contributed by atoms with Crippen LogP contribution in [0, 0.1) is 0 Å². The Balaban J connectivity index is 2.46. The molecule has 0 aliphatic heterocycles. The maximum absolute atomic E-state index is 11.6. The minimum atomic E-state index is -3.24. The average molecular weight is 281 g/mol.